The Hall–Kier alpha value is -4.68. The Kier molecular flexibility index (Phi) is 15.2. The Morgan fingerprint density at radius 3 is 1.25 bits per heavy atom. The second kappa shape index (κ2) is 20.7. The molecule has 0 fully saturated rings. The van der Waals surface area contributed by atoms with Gasteiger partial charge < -0.3 is 38.9 Å². The van der Waals surface area contributed by atoms with Crippen molar-refractivity contribution >= 4 is 47.7 Å². The van der Waals surface area contributed by atoms with E-state index < -0.39 is 15.8 Å². The van der Waals surface area contributed by atoms with Gasteiger partial charge in [0.1, 0.15) is 0 Å². The summed E-state index contributed by atoms with van der Waals surface area (Å²) in [6.45, 7) is 0. The normalized spacial score (nSPS) is 12.2. The van der Waals surface area contributed by atoms with Crippen LogP contribution in [-0.2, 0) is 17.1 Å². The average molecular weight is 821 g/mol. The number of rotatable bonds is 12. The van der Waals surface area contributed by atoms with Gasteiger partial charge in [0, 0.05) is 23.1 Å². The zero-order chi connectivity index (χ0) is 38.7. The molecule has 0 spiro atoms. The van der Waals surface area contributed by atoms with Crippen LogP contribution in [0.1, 0.15) is 34.3 Å². The van der Waals surface area contributed by atoms with Crippen molar-refractivity contribution < 1.29 is 17.1 Å². The van der Waals surface area contributed by atoms with Gasteiger partial charge in [-0.3, -0.25) is 0 Å². The number of hydrogen-bond acceptors (Lipinski definition) is 2. The van der Waals surface area contributed by atoms with Gasteiger partial charge in [-0.1, -0.05) is 198 Å². The molecule has 0 bridgehead atoms. The van der Waals surface area contributed by atoms with E-state index in [4.69, 9.17) is 0 Å². The minimum atomic E-state index is -0.604. The summed E-state index contributed by atoms with van der Waals surface area (Å²) in [6.07, 6.45) is 0. The van der Waals surface area contributed by atoms with Crippen LogP contribution in [0, 0.1) is 0 Å². The Morgan fingerprint density at radius 1 is 0.439 bits per heavy atom. The molecule has 0 amide bonds. The second-order valence-corrected chi connectivity index (χ2v) is 18.7. The van der Waals surface area contributed by atoms with E-state index in [9.17, 15) is 0 Å². The quantitative estimate of drug-likeness (QED) is 0.0689. The van der Waals surface area contributed by atoms with Crippen LogP contribution in [0.4, 0.5) is 0 Å². The fourth-order valence-corrected chi connectivity index (χ4v) is 12.6. The van der Waals surface area contributed by atoms with Crippen molar-refractivity contribution in [1.29, 1.82) is 0 Å². The Labute approximate surface area is 353 Å². The number of nitrogens with zero attached hydrogens (tertiary/aromatic N) is 2. The molecule has 0 heterocycles. The van der Waals surface area contributed by atoms with Crippen molar-refractivity contribution in [2.45, 2.75) is 12.1 Å². The van der Waals surface area contributed by atoms with Crippen LogP contribution in [-0.4, -0.2) is 38.0 Å². The summed E-state index contributed by atoms with van der Waals surface area (Å²) >= 11 is 0. The monoisotopic (exact) mass is 820 g/mol. The summed E-state index contributed by atoms with van der Waals surface area (Å²) < 4.78 is 0. The molecule has 57 heavy (non-hydrogen) atoms. The number of benzene rings is 6. The SMILES string of the molecule is CN(C)[C@H](c1ccccc1)[c-]1[cH-][cH-][cH-][c-]1P(c1ccccc1)c1ccccc1.CN(C)[C@H](c1ccccc1)[c-]1cccc1P(c1ccccc1)c1ccccc1.[Fe]. The van der Waals surface area contributed by atoms with Gasteiger partial charge in [0.05, 0.1) is 0 Å². The molecule has 0 unspecified atom stereocenters. The third-order valence-electron chi connectivity index (χ3n) is 10.0. The minimum Gasteiger partial charge on any atom is -0.747 e. The first-order valence-electron chi connectivity index (χ1n) is 19.3. The molecule has 2 nitrogen and oxygen atoms in total. The molecule has 0 aliphatic heterocycles. The van der Waals surface area contributed by atoms with Crippen molar-refractivity contribution in [3.05, 3.63) is 241 Å². The summed E-state index contributed by atoms with van der Waals surface area (Å²) in [5.74, 6) is 0. The predicted octanol–water partition coefficient (Wildman–Crippen LogP) is 9.63. The number of hydrogen-bond donors (Lipinski definition) is 0. The molecule has 292 valence electrons. The van der Waals surface area contributed by atoms with Crippen molar-refractivity contribution in [2.24, 2.45) is 0 Å². The molecule has 8 aromatic rings. The summed E-state index contributed by atoms with van der Waals surface area (Å²) in [5, 5.41) is 8.44. The third-order valence-corrected chi connectivity index (χ3v) is 15.1. The van der Waals surface area contributed by atoms with Gasteiger partial charge in [-0.05, 0) is 52.3 Å². The first-order valence-corrected chi connectivity index (χ1v) is 21.9. The smallest absolute Gasteiger partial charge is 0.0150 e. The van der Waals surface area contributed by atoms with Crippen LogP contribution in [0.15, 0.2) is 218 Å². The zero-order valence-corrected chi connectivity index (χ0v) is 36.0. The van der Waals surface area contributed by atoms with Crippen LogP contribution in [0.3, 0.4) is 0 Å². The molecule has 8 aromatic carbocycles. The molecule has 2 atom stereocenters. The van der Waals surface area contributed by atoms with Gasteiger partial charge in [-0.15, -0.1) is 16.9 Å². The van der Waals surface area contributed by atoms with Crippen LogP contribution in [0.25, 0.3) is 0 Å². The molecule has 0 aliphatic carbocycles. The summed E-state index contributed by atoms with van der Waals surface area (Å²) in [6, 6.07) is 79.5. The fraction of sp³-hybridized carbons (Fsp3) is 0.115. The van der Waals surface area contributed by atoms with E-state index in [-0.39, 0.29) is 29.2 Å². The maximum Gasteiger partial charge on any atom is 0.0150 e. The van der Waals surface area contributed by atoms with E-state index in [0.29, 0.717) is 0 Å². The second-order valence-electron chi connectivity index (χ2n) is 14.3. The van der Waals surface area contributed by atoms with E-state index in [0.717, 1.165) is 0 Å². The van der Waals surface area contributed by atoms with Crippen LogP contribution in [0.2, 0.25) is 0 Å². The molecule has 0 aliphatic rings. The van der Waals surface area contributed by atoms with Crippen LogP contribution in [0.5, 0.6) is 0 Å². The maximum atomic E-state index is 2.32. The van der Waals surface area contributed by atoms with Gasteiger partial charge in [-0.2, -0.15) is 6.07 Å². The minimum absolute atomic E-state index is 0. The molecule has 0 radical (unpaired) electrons. The van der Waals surface area contributed by atoms with E-state index in [1.54, 1.807) is 0 Å². The molecular weight excluding hydrogens is 770 g/mol. The Bertz CT molecular complexity index is 2080. The Balaban J connectivity index is 0.000000189. The van der Waals surface area contributed by atoms with E-state index in [2.05, 4.69) is 256 Å². The van der Waals surface area contributed by atoms with Crippen LogP contribution < -0.4 is 31.8 Å². The summed E-state index contributed by atoms with van der Waals surface area (Å²) in [5.41, 5.74) is 5.46. The summed E-state index contributed by atoms with van der Waals surface area (Å²) in [7, 11) is 7.47. The van der Waals surface area contributed by atoms with Crippen molar-refractivity contribution in [3.63, 3.8) is 0 Å². The standard InChI is InChI=1S/2C26H25NP.Fe/c2*1-27(2)26(21-13-6-3-7-14-21)24-19-12-20-25(24)28(22-15-8-4-9-16-22)23-17-10-5-11-18-23;/h2*3-20,26H,1-2H3;/q-5;-1;/t2*26-;/m11./s1. The van der Waals surface area contributed by atoms with Gasteiger partial charge in [0.2, 0.25) is 0 Å². The average Bonchev–Trinajstić information content (AvgIpc) is 3.91. The van der Waals surface area contributed by atoms with Crippen LogP contribution >= 0.6 is 15.8 Å². The van der Waals surface area contributed by atoms with Crippen molar-refractivity contribution in [2.75, 3.05) is 28.2 Å². The zero-order valence-electron chi connectivity index (χ0n) is 33.1. The Morgan fingerprint density at radius 2 is 0.825 bits per heavy atom. The van der Waals surface area contributed by atoms with E-state index >= 15 is 0 Å². The maximum absolute atomic E-state index is 2.32. The fourth-order valence-electron chi connectivity index (χ4n) is 7.66. The van der Waals surface area contributed by atoms with E-state index in [1.807, 2.05) is 0 Å². The van der Waals surface area contributed by atoms with Gasteiger partial charge in [0.25, 0.3) is 0 Å². The third kappa shape index (κ3) is 10.1. The molecule has 0 saturated carbocycles. The van der Waals surface area contributed by atoms with Crippen molar-refractivity contribution in [1.82, 2.24) is 9.80 Å². The topological polar surface area (TPSA) is 6.48 Å². The molecule has 0 aromatic heterocycles. The van der Waals surface area contributed by atoms with Gasteiger partial charge >= 0.3 is 0 Å². The first kappa shape index (κ1) is 41.9. The van der Waals surface area contributed by atoms with Crippen molar-refractivity contribution in [3.8, 4) is 0 Å². The van der Waals surface area contributed by atoms with Gasteiger partial charge in [-0.25, -0.2) is 20.1 Å². The first-order chi connectivity index (χ1) is 27.5. The molecule has 0 N–H and O–H groups in total. The molecular formula is C52H50FeN2P2-6. The largest absolute Gasteiger partial charge is 0.747 e. The molecule has 8 rings (SSSR count). The predicted molar refractivity (Wildman–Crippen MR) is 245 cm³/mol. The molecule has 5 heteroatoms. The van der Waals surface area contributed by atoms with E-state index in [1.165, 1.54) is 54.1 Å². The summed E-state index contributed by atoms with van der Waals surface area (Å²) in [4.78, 5) is 4.63. The van der Waals surface area contributed by atoms with Gasteiger partial charge in [0.15, 0.2) is 0 Å². The molecule has 0 saturated heterocycles.